The van der Waals surface area contributed by atoms with Gasteiger partial charge in [-0.2, -0.15) is 0 Å². The van der Waals surface area contributed by atoms with Gasteiger partial charge in [0.05, 0.1) is 23.7 Å². The van der Waals surface area contributed by atoms with Crippen LogP contribution in [0.1, 0.15) is 13.8 Å². The van der Waals surface area contributed by atoms with Crippen LogP contribution in [-0.4, -0.2) is 33.9 Å². The molecule has 0 amide bonds. The van der Waals surface area contributed by atoms with Gasteiger partial charge in [-0.15, -0.1) is 0 Å². The molecule has 0 heterocycles. The van der Waals surface area contributed by atoms with Crippen molar-refractivity contribution in [2.24, 2.45) is 0 Å². The van der Waals surface area contributed by atoms with E-state index in [0.29, 0.717) is 5.69 Å². The number of methoxy groups -OCH3 is 1. The number of ether oxygens (including phenoxy) is 1. The highest BCUT2D eigenvalue weighted by atomic mass is 32.2. The summed E-state index contributed by atoms with van der Waals surface area (Å²) >= 11 is 0. The minimum absolute atomic E-state index is 0.0243. The van der Waals surface area contributed by atoms with Gasteiger partial charge in [0.25, 0.3) is 0 Å². The Morgan fingerprint density at radius 1 is 1.17 bits per heavy atom. The molecule has 5 nitrogen and oxygen atoms in total. The maximum absolute atomic E-state index is 11.3. The van der Waals surface area contributed by atoms with Crippen LogP contribution in [-0.2, 0) is 14.8 Å². The molecule has 2 unspecified atom stereocenters. The lowest BCUT2D eigenvalue weighted by molar-refractivity contribution is 0.106. The smallest absolute Gasteiger partial charge is 0.229 e. The van der Waals surface area contributed by atoms with Crippen molar-refractivity contribution in [2.75, 3.05) is 23.4 Å². The first-order valence-corrected chi connectivity index (χ1v) is 7.59. The van der Waals surface area contributed by atoms with Crippen LogP contribution in [0.3, 0.4) is 0 Å². The number of rotatable bonds is 6. The Morgan fingerprint density at radius 2 is 1.72 bits per heavy atom. The quantitative estimate of drug-likeness (QED) is 0.830. The Morgan fingerprint density at radius 3 is 2.22 bits per heavy atom. The molecular formula is C12H20N2O3S. The molecule has 0 aromatic heterocycles. The highest BCUT2D eigenvalue weighted by Gasteiger charge is 2.13. The number of nitrogens with one attached hydrogen (secondary N) is 2. The van der Waals surface area contributed by atoms with E-state index in [1.807, 2.05) is 26.0 Å². The molecule has 0 fully saturated rings. The van der Waals surface area contributed by atoms with Crippen molar-refractivity contribution in [1.82, 2.24) is 0 Å². The number of sulfonamides is 1. The van der Waals surface area contributed by atoms with E-state index in [4.69, 9.17) is 4.74 Å². The molecule has 0 aliphatic rings. The molecule has 0 radical (unpaired) electrons. The monoisotopic (exact) mass is 272 g/mol. The van der Waals surface area contributed by atoms with Crippen LogP contribution in [0.4, 0.5) is 11.4 Å². The predicted octanol–water partition coefficient (Wildman–Crippen LogP) is 1.89. The number of hydrogen-bond donors (Lipinski definition) is 2. The van der Waals surface area contributed by atoms with E-state index in [0.717, 1.165) is 11.9 Å². The second-order valence-electron chi connectivity index (χ2n) is 4.29. The minimum Gasteiger partial charge on any atom is -0.380 e. The lowest BCUT2D eigenvalue weighted by Crippen LogP contribution is -2.30. The summed E-state index contributed by atoms with van der Waals surface area (Å²) in [7, 11) is -1.64. The van der Waals surface area contributed by atoms with E-state index >= 15 is 0 Å². The lowest BCUT2D eigenvalue weighted by atomic mass is 10.2. The van der Waals surface area contributed by atoms with E-state index in [2.05, 4.69) is 10.0 Å². The average molecular weight is 272 g/mol. The predicted molar refractivity (Wildman–Crippen MR) is 74.5 cm³/mol. The van der Waals surface area contributed by atoms with Crippen molar-refractivity contribution in [3.63, 3.8) is 0 Å². The average Bonchev–Trinajstić information content (AvgIpc) is 2.28. The lowest BCUT2D eigenvalue weighted by Gasteiger charge is -2.22. The van der Waals surface area contributed by atoms with Crippen molar-refractivity contribution >= 4 is 21.4 Å². The van der Waals surface area contributed by atoms with E-state index in [1.165, 1.54) is 0 Å². The molecule has 2 atom stereocenters. The zero-order valence-corrected chi connectivity index (χ0v) is 11.9. The molecule has 2 N–H and O–H groups in total. The Balaban J connectivity index is 2.89. The molecule has 18 heavy (non-hydrogen) atoms. The Kier molecular flexibility index (Phi) is 4.98. The van der Waals surface area contributed by atoms with Crippen LogP contribution in [0.15, 0.2) is 24.3 Å². The van der Waals surface area contributed by atoms with Crippen molar-refractivity contribution in [1.29, 1.82) is 0 Å². The molecule has 1 rings (SSSR count). The molecule has 102 valence electrons. The largest absolute Gasteiger partial charge is 0.380 e. The first-order chi connectivity index (χ1) is 8.33. The summed E-state index contributed by atoms with van der Waals surface area (Å²) in [6, 6.07) is 7.24. The Labute approximate surface area is 109 Å². The third-order valence-electron chi connectivity index (χ3n) is 2.68. The van der Waals surface area contributed by atoms with Gasteiger partial charge in [-0.3, -0.25) is 4.72 Å². The summed E-state index contributed by atoms with van der Waals surface area (Å²) in [5, 5.41) is 3.23. The van der Waals surface area contributed by atoms with Gasteiger partial charge in [0.2, 0.25) is 10.0 Å². The van der Waals surface area contributed by atoms with Crippen molar-refractivity contribution in [3.8, 4) is 0 Å². The summed E-state index contributed by atoms with van der Waals surface area (Å²) in [5.74, 6) is 0. The maximum Gasteiger partial charge on any atom is 0.229 e. The van der Waals surface area contributed by atoms with Gasteiger partial charge >= 0.3 is 0 Å². The molecule has 1 aromatic rings. The summed E-state index contributed by atoms with van der Waals surface area (Å²) in [6.07, 6.45) is 1.15. The molecule has 6 heteroatoms. The molecule has 0 spiro atoms. The standard InChI is InChI=1S/C12H20N2O3S/c1-9(10(2)17-3)13-11-7-5-6-8-12(11)14-18(4,15)16/h5-10,13-14H,1-4H3. The third-order valence-corrected chi connectivity index (χ3v) is 3.27. The van der Waals surface area contributed by atoms with Crippen LogP contribution in [0.25, 0.3) is 0 Å². The topological polar surface area (TPSA) is 67.4 Å². The van der Waals surface area contributed by atoms with E-state index < -0.39 is 10.0 Å². The van der Waals surface area contributed by atoms with Crippen LogP contribution in [0.5, 0.6) is 0 Å². The van der Waals surface area contributed by atoms with Gasteiger partial charge in [-0.05, 0) is 26.0 Å². The van der Waals surface area contributed by atoms with Gasteiger partial charge in [0, 0.05) is 13.2 Å². The van der Waals surface area contributed by atoms with Crippen LogP contribution in [0.2, 0.25) is 0 Å². The fraction of sp³-hybridized carbons (Fsp3) is 0.500. The number of para-hydroxylation sites is 2. The van der Waals surface area contributed by atoms with Gasteiger partial charge in [0.15, 0.2) is 0 Å². The second kappa shape index (κ2) is 6.06. The van der Waals surface area contributed by atoms with Crippen LogP contribution in [0, 0.1) is 0 Å². The van der Waals surface area contributed by atoms with Gasteiger partial charge in [-0.25, -0.2) is 8.42 Å². The molecule has 1 aromatic carbocycles. The summed E-state index contributed by atoms with van der Waals surface area (Å²) in [5.41, 5.74) is 1.27. The fourth-order valence-electron chi connectivity index (χ4n) is 1.46. The number of hydrogen-bond acceptors (Lipinski definition) is 4. The highest BCUT2D eigenvalue weighted by molar-refractivity contribution is 7.92. The number of benzene rings is 1. The Bertz CT molecular complexity index is 488. The van der Waals surface area contributed by atoms with Crippen molar-refractivity contribution in [2.45, 2.75) is 26.0 Å². The first kappa shape index (κ1) is 14.8. The number of anilines is 2. The van der Waals surface area contributed by atoms with Crippen molar-refractivity contribution in [3.05, 3.63) is 24.3 Å². The Hall–Kier alpha value is -1.27. The zero-order valence-electron chi connectivity index (χ0n) is 11.1. The molecule has 0 bridgehead atoms. The minimum atomic E-state index is -3.28. The SMILES string of the molecule is COC(C)C(C)Nc1ccccc1NS(C)(=O)=O. The fourth-order valence-corrected chi connectivity index (χ4v) is 2.04. The van der Waals surface area contributed by atoms with Gasteiger partial charge < -0.3 is 10.1 Å². The van der Waals surface area contributed by atoms with E-state index in [-0.39, 0.29) is 12.1 Å². The summed E-state index contributed by atoms with van der Waals surface area (Å²) < 4.78 is 30.2. The first-order valence-electron chi connectivity index (χ1n) is 5.69. The van der Waals surface area contributed by atoms with Gasteiger partial charge in [-0.1, -0.05) is 12.1 Å². The summed E-state index contributed by atoms with van der Waals surface area (Å²) in [4.78, 5) is 0. The maximum atomic E-state index is 11.3. The summed E-state index contributed by atoms with van der Waals surface area (Å²) in [6.45, 7) is 3.93. The molecule has 0 saturated heterocycles. The molecular weight excluding hydrogens is 252 g/mol. The molecule has 0 aliphatic carbocycles. The van der Waals surface area contributed by atoms with E-state index in [1.54, 1.807) is 19.2 Å². The van der Waals surface area contributed by atoms with Gasteiger partial charge in [0.1, 0.15) is 0 Å². The normalized spacial score (nSPS) is 14.9. The molecule has 0 aliphatic heterocycles. The molecule has 0 saturated carbocycles. The van der Waals surface area contributed by atoms with Crippen molar-refractivity contribution < 1.29 is 13.2 Å². The zero-order chi connectivity index (χ0) is 13.8. The third kappa shape index (κ3) is 4.54. The van der Waals surface area contributed by atoms with Crippen LogP contribution >= 0.6 is 0 Å². The highest BCUT2D eigenvalue weighted by Crippen LogP contribution is 2.23. The van der Waals surface area contributed by atoms with Crippen LogP contribution < -0.4 is 10.0 Å². The second-order valence-corrected chi connectivity index (χ2v) is 6.04. The van der Waals surface area contributed by atoms with E-state index in [9.17, 15) is 8.42 Å².